The number of hydrogen-bond donors (Lipinski definition) is 2. The molecule has 0 saturated carbocycles. The predicted molar refractivity (Wildman–Crippen MR) is 78.7 cm³/mol. The molecular formula is C14H17ClN2O3. The van der Waals surface area contributed by atoms with Crippen molar-refractivity contribution in [3.05, 3.63) is 28.9 Å². The average Bonchev–Trinajstić information content (AvgIpc) is 2.60. The van der Waals surface area contributed by atoms with Gasteiger partial charge in [-0.2, -0.15) is 0 Å². The summed E-state index contributed by atoms with van der Waals surface area (Å²) >= 11 is 5.98. The van der Waals surface area contributed by atoms with Crippen LogP contribution in [-0.2, 0) is 6.54 Å². The number of fused-ring (bicyclic) bond motifs is 1. The summed E-state index contributed by atoms with van der Waals surface area (Å²) < 4.78 is 6.93. The van der Waals surface area contributed by atoms with Gasteiger partial charge in [-0.1, -0.05) is 11.6 Å². The Hall–Kier alpha value is -1.72. The molecular weight excluding hydrogens is 280 g/mol. The predicted octanol–water partition coefficient (Wildman–Crippen LogP) is 2.74. The fourth-order valence-corrected chi connectivity index (χ4v) is 2.46. The minimum absolute atomic E-state index is 0.0864. The Kier molecular flexibility index (Phi) is 3.67. The number of ether oxygens (including phenoxy) is 1. The first-order chi connectivity index (χ1) is 9.24. The lowest BCUT2D eigenvalue weighted by molar-refractivity contribution is 0.0681. The minimum Gasteiger partial charge on any atom is -0.494 e. The van der Waals surface area contributed by atoms with Gasteiger partial charge in [0.2, 0.25) is 0 Å². The third kappa shape index (κ3) is 2.59. The van der Waals surface area contributed by atoms with Crippen LogP contribution in [-0.4, -0.2) is 28.3 Å². The second-order valence-corrected chi connectivity index (χ2v) is 5.86. The van der Waals surface area contributed by atoms with Crippen molar-refractivity contribution in [3.8, 4) is 5.75 Å². The second-order valence-electron chi connectivity index (χ2n) is 5.42. The van der Waals surface area contributed by atoms with E-state index < -0.39 is 11.5 Å². The first-order valence-corrected chi connectivity index (χ1v) is 6.50. The zero-order valence-electron chi connectivity index (χ0n) is 11.6. The van der Waals surface area contributed by atoms with E-state index in [1.54, 1.807) is 22.8 Å². The molecule has 2 aromatic rings. The number of methoxy groups -OCH3 is 1. The molecule has 1 aromatic carbocycles. The Balaban J connectivity index is 2.82. The third-order valence-electron chi connectivity index (χ3n) is 2.95. The second kappa shape index (κ2) is 5.00. The van der Waals surface area contributed by atoms with E-state index in [-0.39, 0.29) is 5.69 Å². The fraction of sp³-hybridized carbons (Fsp3) is 0.357. The Bertz CT molecular complexity index is 671. The third-order valence-corrected chi connectivity index (χ3v) is 3.19. The maximum atomic E-state index is 11.6. The van der Waals surface area contributed by atoms with Crippen LogP contribution in [0.3, 0.4) is 0 Å². The average molecular weight is 297 g/mol. The first-order valence-electron chi connectivity index (χ1n) is 6.12. The SMILES string of the molecule is COc1c(C(=O)O)n(CC(C)(C)N)c2ccc(Cl)cc12. The lowest BCUT2D eigenvalue weighted by Gasteiger charge is -2.21. The molecule has 0 aliphatic rings. The van der Waals surface area contributed by atoms with Crippen molar-refractivity contribution in [2.75, 3.05) is 7.11 Å². The maximum absolute atomic E-state index is 11.6. The standard InChI is InChI=1S/C14H17ClN2O3/c1-14(2,16)7-17-10-5-4-8(15)6-9(10)12(20-3)11(17)13(18)19/h4-6H,7,16H2,1-3H3,(H,18,19). The highest BCUT2D eigenvalue weighted by Crippen LogP contribution is 2.35. The summed E-state index contributed by atoms with van der Waals surface area (Å²) in [7, 11) is 1.44. The molecule has 2 rings (SSSR count). The molecule has 0 radical (unpaired) electrons. The maximum Gasteiger partial charge on any atom is 0.356 e. The van der Waals surface area contributed by atoms with Gasteiger partial charge in [-0.05, 0) is 32.0 Å². The summed E-state index contributed by atoms with van der Waals surface area (Å²) in [4.78, 5) is 11.6. The number of carboxylic acid groups (broad SMARTS) is 1. The highest BCUT2D eigenvalue weighted by atomic mass is 35.5. The number of aromatic nitrogens is 1. The smallest absolute Gasteiger partial charge is 0.356 e. The highest BCUT2D eigenvalue weighted by molar-refractivity contribution is 6.31. The van der Waals surface area contributed by atoms with Crippen LogP contribution in [0.1, 0.15) is 24.3 Å². The molecule has 1 aromatic heterocycles. The van der Waals surface area contributed by atoms with E-state index >= 15 is 0 Å². The molecule has 0 aliphatic heterocycles. The van der Waals surface area contributed by atoms with Gasteiger partial charge in [0.25, 0.3) is 0 Å². The Morgan fingerprint density at radius 1 is 1.50 bits per heavy atom. The number of halogens is 1. The van der Waals surface area contributed by atoms with E-state index in [0.717, 1.165) is 5.52 Å². The summed E-state index contributed by atoms with van der Waals surface area (Å²) in [6.07, 6.45) is 0. The van der Waals surface area contributed by atoms with Crippen molar-refractivity contribution < 1.29 is 14.6 Å². The Labute approximate surface area is 121 Å². The molecule has 0 saturated heterocycles. The summed E-state index contributed by atoms with van der Waals surface area (Å²) in [5, 5.41) is 10.7. The molecule has 6 heteroatoms. The molecule has 5 nitrogen and oxygen atoms in total. The number of nitrogens with two attached hydrogens (primary N) is 1. The molecule has 0 aliphatic carbocycles. The number of aromatic carboxylic acids is 1. The summed E-state index contributed by atoms with van der Waals surface area (Å²) in [5.41, 5.74) is 6.30. The van der Waals surface area contributed by atoms with Gasteiger partial charge >= 0.3 is 5.97 Å². The van der Waals surface area contributed by atoms with Gasteiger partial charge in [0.15, 0.2) is 11.4 Å². The highest BCUT2D eigenvalue weighted by Gasteiger charge is 2.26. The molecule has 0 bridgehead atoms. The van der Waals surface area contributed by atoms with Crippen LogP contribution in [0.2, 0.25) is 5.02 Å². The van der Waals surface area contributed by atoms with Crippen LogP contribution in [0.15, 0.2) is 18.2 Å². The van der Waals surface area contributed by atoms with Crippen molar-refractivity contribution >= 4 is 28.5 Å². The van der Waals surface area contributed by atoms with Gasteiger partial charge in [0.05, 0.1) is 12.6 Å². The zero-order chi connectivity index (χ0) is 15.1. The molecule has 3 N–H and O–H groups in total. The van der Waals surface area contributed by atoms with E-state index in [0.29, 0.717) is 22.7 Å². The van der Waals surface area contributed by atoms with E-state index in [1.807, 2.05) is 13.8 Å². The number of carbonyl (C=O) groups is 1. The van der Waals surface area contributed by atoms with Crippen LogP contribution in [0, 0.1) is 0 Å². The van der Waals surface area contributed by atoms with Gasteiger partial charge in [0, 0.05) is 22.5 Å². The molecule has 20 heavy (non-hydrogen) atoms. The first kappa shape index (κ1) is 14.7. The van der Waals surface area contributed by atoms with Gasteiger partial charge in [-0.15, -0.1) is 0 Å². The lowest BCUT2D eigenvalue weighted by atomic mass is 10.1. The molecule has 0 fully saturated rings. The number of rotatable bonds is 4. The minimum atomic E-state index is -1.06. The number of hydrogen-bond acceptors (Lipinski definition) is 3. The summed E-state index contributed by atoms with van der Waals surface area (Å²) in [6.45, 7) is 4.04. The normalized spacial score (nSPS) is 11.8. The van der Waals surface area contributed by atoms with E-state index in [4.69, 9.17) is 22.1 Å². The lowest BCUT2D eigenvalue weighted by Crippen LogP contribution is -2.37. The van der Waals surface area contributed by atoms with Gasteiger partial charge in [-0.25, -0.2) is 4.79 Å². The molecule has 0 atom stereocenters. The van der Waals surface area contributed by atoms with Crippen LogP contribution >= 0.6 is 11.6 Å². The molecule has 1 heterocycles. The van der Waals surface area contributed by atoms with Gasteiger partial charge in [-0.3, -0.25) is 0 Å². The summed E-state index contributed by atoms with van der Waals surface area (Å²) in [6, 6.07) is 5.19. The van der Waals surface area contributed by atoms with Gasteiger partial charge in [0.1, 0.15) is 0 Å². The van der Waals surface area contributed by atoms with Crippen molar-refractivity contribution in [1.82, 2.24) is 4.57 Å². The van der Waals surface area contributed by atoms with E-state index in [9.17, 15) is 9.90 Å². The largest absolute Gasteiger partial charge is 0.494 e. The number of carboxylic acids is 1. The van der Waals surface area contributed by atoms with Crippen LogP contribution in [0.5, 0.6) is 5.75 Å². The quantitative estimate of drug-likeness (QED) is 0.909. The monoisotopic (exact) mass is 296 g/mol. The fourth-order valence-electron chi connectivity index (χ4n) is 2.29. The van der Waals surface area contributed by atoms with Crippen molar-refractivity contribution in [2.45, 2.75) is 25.9 Å². The van der Waals surface area contributed by atoms with E-state index in [2.05, 4.69) is 0 Å². The van der Waals surface area contributed by atoms with Crippen LogP contribution in [0.25, 0.3) is 10.9 Å². The molecule has 108 valence electrons. The van der Waals surface area contributed by atoms with Crippen LogP contribution < -0.4 is 10.5 Å². The zero-order valence-corrected chi connectivity index (χ0v) is 12.4. The van der Waals surface area contributed by atoms with Crippen molar-refractivity contribution in [3.63, 3.8) is 0 Å². The Morgan fingerprint density at radius 2 is 2.15 bits per heavy atom. The topological polar surface area (TPSA) is 77.5 Å². The Morgan fingerprint density at radius 3 is 2.65 bits per heavy atom. The van der Waals surface area contributed by atoms with Crippen LogP contribution in [0.4, 0.5) is 0 Å². The van der Waals surface area contributed by atoms with Crippen molar-refractivity contribution in [2.24, 2.45) is 5.73 Å². The molecule has 0 unspecified atom stereocenters. The van der Waals surface area contributed by atoms with Gasteiger partial charge < -0.3 is 20.1 Å². The summed E-state index contributed by atoms with van der Waals surface area (Å²) in [5.74, 6) is -0.752. The number of benzene rings is 1. The van der Waals surface area contributed by atoms with Crippen molar-refractivity contribution in [1.29, 1.82) is 0 Å². The molecule has 0 spiro atoms. The molecule has 0 amide bonds. The van der Waals surface area contributed by atoms with E-state index in [1.165, 1.54) is 7.11 Å². The number of nitrogens with zero attached hydrogens (tertiary/aromatic N) is 1.